The standard InChI is InChI=1S/C21H19N3O5/c1-2-13-7-9-14(10-8-13)20-23-18(29-24-20)12-27-19(25)11-17-21(26)22-15-5-3-4-6-16(15)28-17/h3-10,17H,2,11-12H2,1H3,(H,22,26)/t17-/m0/s1. The number of hydrogen-bond donors (Lipinski definition) is 1. The molecular weight excluding hydrogens is 374 g/mol. The van der Waals surface area contributed by atoms with E-state index in [1.54, 1.807) is 24.3 Å². The van der Waals surface area contributed by atoms with Crippen molar-refractivity contribution in [2.45, 2.75) is 32.5 Å². The molecule has 1 aromatic heterocycles. The molecule has 0 spiro atoms. The fourth-order valence-corrected chi connectivity index (χ4v) is 2.90. The molecule has 1 amide bonds. The molecule has 0 fully saturated rings. The normalized spacial score (nSPS) is 15.2. The molecular formula is C21H19N3O5. The predicted molar refractivity (Wildman–Crippen MR) is 103 cm³/mol. The SMILES string of the molecule is CCc1ccc(-c2noc(COC(=O)C[C@@H]3Oc4ccccc4NC3=O)n2)cc1. The number of nitrogens with zero attached hydrogens (tertiary/aromatic N) is 2. The Morgan fingerprint density at radius 1 is 1.17 bits per heavy atom. The molecule has 0 radical (unpaired) electrons. The number of rotatable bonds is 6. The number of hydrogen-bond acceptors (Lipinski definition) is 7. The van der Waals surface area contributed by atoms with Crippen LogP contribution in [0, 0.1) is 0 Å². The van der Waals surface area contributed by atoms with Gasteiger partial charge in [0.1, 0.15) is 5.75 Å². The first-order valence-electron chi connectivity index (χ1n) is 9.26. The summed E-state index contributed by atoms with van der Waals surface area (Å²) in [5.74, 6) is 0.117. The summed E-state index contributed by atoms with van der Waals surface area (Å²) in [5.41, 5.74) is 2.60. The number of esters is 1. The number of fused-ring (bicyclic) bond motifs is 1. The minimum Gasteiger partial charge on any atom is -0.478 e. The van der Waals surface area contributed by atoms with Crippen molar-refractivity contribution in [3.05, 3.63) is 60.0 Å². The third-order valence-corrected chi connectivity index (χ3v) is 4.50. The van der Waals surface area contributed by atoms with E-state index in [2.05, 4.69) is 22.4 Å². The average Bonchev–Trinajstić information content (AvgIpc) is 3.22. The van der Waals surface area contributed by atoms with E-state index < -0.39 is 18.0 Å². The van der Waals surface area contributed by atoms with Crippen LogP contribution in [0.2, 0.25) is 0 Å². The number of amides is 1. The largest absolute Gasteiger partial charge is 0.478 e. The van der Waals surface area contributed by atoms with Gasteiger partial charge in [-0.2, -0.15) is 4.98 Å². The number of nitrogens with one attached hydrogen (secondary N) is 1. The lowest BCUT2D eigenvalue weighted by atomic mass is 10.1. The lowest BCUT2D eigenvalue weighted by Gasteiger charge is -2.24. The number of anilines is 1. The Bertz CT molecular complexity index is 1030. The Kier molecular flexibility index (Phi) is 5.24. The van der Waals surface area contributed by atoms with Crippen molar-refractivity contribution in [2.75, 3.05) is 5.32 Å². The molecule has 8 nitrogen and oxygen atoms in total. The molecule has 0 bridgehead atoms. The van der Waals surface area contributed by atoms with Crippen molar-refractivity contribution < 1.29 is 23.6 Å². The van der Waals surface area contributed by atoms with Crippen LogP contribution in [0.4, 0.5) is 5.69 Å². The van der Waals surface area contributed by atoms with Crippen LogP contribution >= 0.6 is 0 Å². The second-order valence-corrected chi connectivity index (χ2v) is 6.52. The Hall–Kier alpha value is -3.68. The highest BCUT2D eigenvalue weighted by molar-refractivity contribution is 5.99. The number of carbonyl (C=O) groups is 2. The molecule has 2 heterocycles. The highest BCUT2D eigenvalue weighted by atomic mass is 16.6. The monoisotopic (exact) mass is 393 g/mol. The van der Waals surface area contributed by atoms with E-state index in [0.29, 0.717) is 17.3 Å². The summed E-state index contributed by atoms with van der Waals surface area (Å²) in [6.45, 7) is 1.90. The zero-order valence-corrected chi connectivity index (χ0v) is 15.8. The van der Waals surface area contributed by atoms with Gasteiger partial charge in [-0.3, -0.25) is 9.59 Å². The van der Waals surface area contributed by atoms with Gasteiger partial charge in [0, 0.05) is 5.56 Å². The molecule has 8 heteroatoms. The molecule has 0 unspecified atom stereocenters. The number of aromatic nitrogens is 2. The minimum absolute atomic E-state index is 0.173. The van der Waals surface area contributed by atoms with Gasteiger partial charge in [-0.05, 0) is 24.1 Å². The van der Waals surface area contributed by atoms with Crippen LogP contribution in [0.5, 0.6) is 5.75 Å². The lowest BCUT2D eigenvalue weighted by Crippen LogP contribution is -2.38. The van der Waals surface area contributed by atoms with E-state index in [-0.39, 0.29) is 18.9 Å². The summed E-state index contributed by atoms with van der Waals surface area (Å²) >= 11 is 0. The first kappa shape index (κ1) is 18.7. The van der Waals surface area contributed by atoms with E-state index in [4.69, 9.17) is 14.0 Å². The van der Waals surface area contributed by atoms with Gasteiger partial charge in [0.25, 0.3) is 11.8 Å². The highest BCUT2D eigenvalue weighted by Gasteiger charge is 2.30. The van der Waals surface area contributed by atoms with Crippen molar-refractivity contribution in [1.29, 1.82) is 0 Å². The quantitative estimate of drug-likeness (QED) is 0.642. The Balaban J connectivity index is 1.32. The third kappa shape index (κ3) is 4.26. The zero-order chi connectivity index (χ0) is 20.2. The van der Waals surface area contributed by atoms with E-state index in [9.17, 15) is 9.59 Å². The van der Waals surface area contributed by atoms with Crippen LogP contribution in [0.1, 0.15) is 24.8 Å². The van der Waals surface area contributed by atoms with Gasteiger partial charge in [-0.1, -0.05) is 48.5 Å². The summed E-state index contributed by atoms with van der Waals surface area (Å²) < 4.78 is 15.9. The Labute approximate surface area is 166 Å². The fourth-order valence-electron chi connectivity index (χ4n) is 2.90. The van der Waals surface area contributed by atoms with Crippen LogP contribution in [-0.2, 0) is 27.4 Å². The Morgan fingerprint density at radius 2 is 1.97 bits per heavy atom. The van der Waals surface area contributed by atoms with E-state index in [1.165, 1.54) is 5.56 Å². The number of aryl methyl sites for hydroxylation is 1. The predicted octanol–water partition coefficient (Wildman–Crippen LogP) is 3.13. The van der Waals surface area contributed by atoms with Crippen molar-refractivity contribution in [3.8, 4) is 17.1 Å². The molecule has 1 N–H and O–H groups in total. The summed E-state index contributed by atoms with van der Waals surface area (Å²) in [7, 11) is 0. The molecule has 0 saturated carbocycles. The molecule has 2 aromatic carbocycles. The summed E-state index contributed by atoms with van der Waals surface area (Å²) in [6.07, 6.45) is -0.227. The Morgan fingerprint density at radius 3 is 2.76 bits per heavy atom. The van der Waals surface area contributed by atoms with Crippen LogP contribution in [-0.4, -0.2) is 28.1 Å². The van der Waals surface area contributed by atoms with Crippen LogP contribution in [0.3, 0.4) is 0 Å². The second kappa shape index (κ2) is 8.14. The lowest BCUT2D eigenvalue weighted by molar-refractivity contribution is -0.149. The maximum Gasteiger partial charge on any atom is 0.310 e. The first-order valence-corrected chi connectivity index (χ1v) is 9.26. The van der Waals surface area contributed by atoms with Gasteiger partial charge < -0.3 is 19.3 Å². The van der Waals surface area contributed by atoms with Gasteiger partial charge >= 0.3 is 5.97 Å². The average molecular weight is 393 g/mol. The van der Waals surface area contributed by atoms with Crippen LogP contribution in [0.25, 0.3) is 11.4 Å². The maximum atomic E-state index is 12.1. The summed E-state index contributed by atoms with van der Waals surface area (Å²) in [4.78, 5) is 28.4. The van der Waals surface area contributed by atoms with Crippen molar-refractivity contribution in [2.24, 2.45) is 0 Å². The zero-order valence-electron chi connectivity index (χ0n) is 15.8. The number of carbonyl (C=O) groups excluding carboxylic acids is 2. The van der Waals surface area contributed by atoms with E-state index >= 15 is 0 Å². The smallest absolute Gasteiger partial charge is 0.310 e. The van der Waals surface area contributed by atoms with Gasteiger partial charge in [-0.15, -0.1) is 0 Å². The molecule has 4 rings (SSSR count). The topological polar surface area (TPSA) is 104 Å². The van der Waals surface area contributed by atoms with E-state index in [0.717, 1.165) is 12.0 Å². The van der Waals surface area contributed by atoms with Gasteiger partial charge in [0.15, 0.2) is 12.7 Å². The molecule has 0 aliphatic carbocycles. The highest BCUT2D eigenvalue weighted by Crippen LogP contribution is 2.29. The van der Waals surface area contributed by atoms with Crippen LogP contribution < -0.4 is 10.1 Å². The van der Waals surface area contributed by atoms with Gasteiger partial charge in [0.2, 0.25) is 5.82 Å². The first-order chi connectivity index (χ1) is 14.1. The third-order valence-electron chi connectivity index (χ3n) is 4.50. The molecule has 0 saturated heterocycles. The molecule has 29 heavy (non-hydrogen) atoms. The molecule has 1 aliphatic rings. The van der Waals surface area contributed by atoms with Crippen molar-refractivity contribution in [3.63, 3.8) is 0 Å². The van der Waals surface area contributed by atoms with E-state index in [1.807, 2.05) is 24.3 Å². The summed E-state index contributed by atoms with van der Waals surface area (Å²) in [6, 6.07) is 14.8. The van der Waals surface area contributed by atoms with Gasteiger partial charge in [0.05, 0.1) is 12.1 Å². The van der Waals surface area contributed by atoms with Crippen LogP contribution in [0.15, 0.2) is 53.1 Å². The maximum absolute atomic E-state index is 12.1. The summed E-state index contributed by atoms with van der Waals surface area (Å²) in [5, 5.41) is 6.61. The fraction of sp³-hybridized carbons (Fsp3) is 0.238. The molecule has 1 aliphatic heterocycles. The number of para-hydroxylation sites is 2. The minimum atomic E-state index is -0.951. The number of ether oxygens (including phenoxy) is 2. The van der Waals surface area contributed by atoms with Gasteiger partial charge in [-0.25, -0.2) is 0 Å². The molecule has 1 atom stereocenters. The van der Waals surface area contributed by atoms with Crippen molar-refractivity contribution >= 4 is 17.6 Å². The molecule has 148 valence electrons. The second-order valence-electron chi connectivity index (χ2n) is 6.52. The molecule has 3 aromatic rings. The van der Waals surface area contributed by atoms with Crippen molar-refractivity contribution in [1.82, 2.24) is 10.1 Å². The number of benzene rings is 2.